The predicted octanol–water partition coefficient (Wildman–Crippen LogP) is 5.10. The highest BCUT2D eigenvalue weighted by Crippen LogP contribution is 2.39. The van der Waals surface area contributed by atoms with Gasteiger partial charge in [0.2, 0.25) is 0 Å². The van der Waals surface area contributed by atoms with E-state index in [-0.39, 0.29) is 24.5 Å². The van der Waals surface area contributed by atoms with Crippen molar-refractivity contribution in [2.75, 3.05) is 13.2 Å². The van der Waals surface area contributed by atoms with Crippen LogP contribution in [-0.2, 0) is 0 Å². The molecule has 7 nitrogen and oxygen atoms in total. The first-order valence-corrected chi connectivity index (χ1v) is 13.5. The molecule has 1 unspecified atom stereocenters. The maximum absolute atomic E-state index is 13.1. The Morgan fingerprint density at radius 1 is 1.20 bits per heavy atom. The van der Waals surface area contributed by atoms with Crippen molar-refractivity contribution >= 4 is 54.8 Å². The number of thiophene rings is 2. The van der Waals surface area contributed by atoms with Crippen molar-refractivity contribution in [3.05, 3.63) is 51.8 Å². The van der Waals surface area contributed by atoms with Crippen molar-refractivity contribution in [1.82, 2.24) is 15.2 Å². The number of carbonyl (C=O) groups excluding carboxylic acids is 2. The number of nitrogens with zero attached hydrogens (tertiary/aromatic N) is 2. The molecule has 3 aromatic heterocycles. The molecule has 2 N–H and O–H groups in total. The number of ether oxygens (including phenoxy) is 1. The molecular weight excluding hydrogens is 482 g/mol. The van der Waals surface area contributed by atoms with Crippen LogP contribution in [0.25, 0.3) is 20.3 Å². The van der Waals surface area contributed by atoms with E-state index < -0.39 is 0 Å². The number of nitrogens with one attached hydrogen (secondary N) is 1. The molecule has 9 heteroatoms. The topological polar surface area (TPSA) is 91.8 Å². The second-order valence-corrected chi connectivity index (χ2v) is 11.5. The summed E-state index contributed by atoms with van der Waals surface area (Å²) in [5, 5.41) is 13.6. The van der Waals surface area contributed by atoms with E-state index in [9.17, 15) is 14.7 Å². The second kappa shape index (κ2) is 8.89. The zero-order chi connectivity index (χ0) is 24.1. The molecule has 0 spiro atoms. The Hall–Kier alpha value is -3.01. The van der Waals surface area contributed by atoms with Crippen LogP contribution < -0.4 is 10.1 Å². The van der Waals surface area contributed by atoms with Gasteiger partial charge in [-0.1, -0.05) is 0 Å². The number of aromatic nitrogens is 1. The smallest absolute Gasteiger partial charge is 0.264 e. The summed E-state index contributed by atoms with van der Waals surface area (Å²) in [4.78, 5) is 33.6. The largest absolute Gasteiger partial charge is 0.456 e. The van der Waals surface area contributed by atoms with Crippen LogP contribution >= 0.6 is 22.7 Å². The van der Waals surface area contributed by atoms with Gasteiger partial charge in [-0.05, 0) is 56.9 Å². The number of rotatable bonds is 6. The van der Waals surface area contributed by atoms with Gasteiger partial charge in [-0.15, -0.1) is 22.7 Å². The first-order valence-electron chi connectivity index (χ1n) is 11.8. The summed E-state index contributed by atoms with van der Waals surface area (Å²) in [5.41, 5.74) is 1.46. The summed E-state index contributed by atoms with van der Waals surface area (Å²) in [7, 11) is 0. The minimum atomic E-state index is -0.117. The Kier molecular flexibility index (Phi) is 5.70. The molecule has 4 aromatic rings. The Morgan fingerprint density at radius 3 is 2.86 bits per heavy atom. The third kappa shape index (κ3) is 4.17. The van der Waals surface area contributed by atoms with E-state index in [1.54, 1.807) is 34.6 Å². The van der Waals surface area contributed by atoms with Crippen LogP contribution in [0.5, 0.6) is 11.5 Å². The van der Waals surface area contributed by atoms with Gasteiger partial charge >= 0.3 is 0 Å². The molecule has 180 valence electrons. The van der Waals surface area contributed by atoms with E-state index in [0.717, 1.165) is 50.9 Å². The van der Waals surface area contributed by atoms with Gasteiger partial charge in [0.15, 0.2) is 0 Å². The molecule has 1 aliphatic carbocycles. The highest BCUT2D eigenvalue weighted by molar-refractivity contribution is 7.21. The average molecular weight is 508 g/mol. The highest BCUT2D eigenvalue weighted by atomic mass is 32.1. The summed E-state index contributed by atoms with van der Waals surface area (Å²) >= 11 is 2.95. The van der Waals surface area contributed by atoms with E-state index in [2.05, 4.69) is 10.3 Å². The normalized spacial score (nSPS) is 17.9. The van der Waals surface area contributed by atoms with Crippen LogP contribution in [0, 0.1) is 6.92 Å². The number of likely N-dealkylation sites (tertiary alicyclic amines) is 1. The van der Waals surface area contributed by atoms with Gasteiger partial charge in [0.05, 0.1) is 33.3 Å². The Bertz CT molecular complexity index is 1460. The highest BCUT2D eigenvalue weighted by Gasteiger charge is 2.30. The number of hydrogen-bond donors (Lipinski definition) is 2. The van der Waals surface area contributed by atoms with Crippen LogP contribution in [0.3, 0.4) is 0 Å². The predicted molar refractivity (Wildman–Crippen MR) is 138 cm³/mol. The van der Waals surface area contributed by atoms with E-state index in [4.69, 9.17) is 4.74 Å². The fourth-order valence-corrected chi connectivity index (χ4v) is 6.80. The fourth-order valence-electron chi connectivity index (χ4n) is 4.69. The van der Waals surface area contributed by atoms with Crippen LogP contribution in [0.4, 0.5) is 0 Å². The number of hydrogen-bond acceptors (Lipinski definition) is 7. The van der Waals surface area contributed by atoms with Crippen molar-refractivity contribution in [1.29, 1.82) is 0 Å². The van der Waals surface area contributed by atoms with Crippen molar-refractivity contribution in [2.45, 2.75) is 44.7 Å². The van der Waals surface area contributed by atoms with E-state index in [1.807, 2.05) is 25.1 Å². The van der Waals surface area contributed by atoms with Crippen LogP contribution in [-0.4, -0.2) is 52.0 Å². The molecule has 35 heavy (non-hydrogen) atoms. The molecule has 2 aliphatic rings. The van der Waals surface area contributed by atoms with Crippen molar-refractivity contribution in [2.24, 2.45) is 0 Å². The molecule has 1 saturated heterocycles. The zero-order valence-electron chi connectivity index (χ0n) is 19.2. The molecule has 2 fully saturated rings. The number of amides is 2. The van der Waals surface area contributed by atoms with Crippen molar-refractivity contribution < 1.29 is 19.4 Å². The lowest BCUT2D eigenvalue weighted by molar-refractivity contribution is 0.0682. The third-order valence-corrected chi connectivity index (χ3v) is 8.84. The standard InChI is InChI=1S/C26H25N3O4S2/c1-14-23(25(31)28-15-4-5-15)18-7-6-17(11-21(18)34-14)33-20-8-9-27-19-12-22(35-24(19)20)26(32)29-10-2-3-16(29)13-30/h6-9,11-12,15-16,30H,2-5,10,13H2,1H3,(H,28,31). The van der Waals surface area contributed by atoms with Crippen molar-refractivity contribution in [3.8, 4) is 11.5 Å². The molecule has 1 saturated carbocycles. The van der Waals surface area contributed by atoms with E-state index >= 15 is 0 Å². The second-order valence-electron chi connectivity index (χ2n) is 9.15. The van der Waals surface area contributed by atoms with Gasteiger partial charge in [0.25, 0.3) is 11.8 Å². The maximum atomic E-state index is 13.1. The Morgan fingerprint density at radius 2 is 2.06 bits per heavy atom. The minimum absolute atomic E-state index is 0.00187. The summed E-state index contributed by atoms with van der Waals surface area (Å²) in [6, 6.07) is 9.59. The number of benzene rings is 1. The molecule has 4 heterocycles. The number of aryl methyl sites for hydroxylation is 1. The monoisotopic (exact) mass is 507 g/mol. The number of carbonyl (C=O) groups is 2. The fraction of sp³-hybridized carbons (Fsp3) is 0.346. The summed E-state index contributed by atoms with van der Waals surface area (Å²) in [5.74, 6) is 1.24. The maximum Gasteiger partial charge on any atom is 0.264 e. The van der Waals surface area contributed by atoms with Gasteiger partial charge in [-0.25, -0.2) is 0 Å². The number of aliphatic hydroxyl groups is 1. The lowest BCUT2D eigenvalue weighted by atomic mass is 10.1. The number of aliphatic hydroxyl groups excluding tert-OH is 1. The Balaban J connectivity index is 1.28. The first-order chi connectivity index (χ1) is 17.0. The van der Waals surface area contributed by atoms with Crippen LogP contribution in [0.1, 0.15) is 50.6 Å². The molecule has 0 radical (unpaired) electrons. The molecule has 1 atom stereocenters. The van der Waals surface area contributed by atoms with Gasteiger partial charge in [0, 0.05) is 39.8 Å². The first kappa shape index (κ1) is 22.5. The van der Waals surface area contributed by atoms with Crippen LogP contribution in [0.2, 0.25) is 0 Å². The summed E-state index contributed by atoms with van der Waals surface area (Å²) in [6.45, 7) is 2.62. The van der Waals surface area contributed by atoms with Gasteiger partial charge in [-0.2, -0.15) is 0 Å². The molecule has 6 rings (SSSR count). The summed E-state index contributed by atoms with van der Waals surface area (Å²) < 4.78 is 8.06. The number of pyridine rings is 1. The van der Waals surface area contributed by atoms with Gasteiger partial charge < -0.3 is 20.1 Å². The van der Waals surface area contributed by atoms with E-state index in [1.165, 1.54) is 11.3 Å². The quantitative estimate of drug-likeness (QED) is 0.379. The molecule has 0 bridgehead atoms. The van der Waals surface area contributed by atoms with Crippen LogP contribution in [0.15, 0.2) is 36.5 Å². The summed E-state index contributed by atoms with van der Waals surface area (Å²) in [6.07, 6.45) is 5.53. The average Bonchev–Trinajstić information content (AvgIpc) is 3.24. The zero-order valence-corrected chi connectivity index (χ0v) is 20.9. The molecule has 1 aromatic carbocycles. The lowest BCUT2D eigenvalue weighted by Crippen LogP contribution is -2.37. The molecular formula is C26H25N3O4S2. The lowest BCUT2D eigenvalue weighted by Gasteiger charge is -2.22. The Labute approximate surface area is 210 Å². The van der Waals surface area contributed by atoms with Crippen molar-refractivity contribution in [3.63, 3.8) is 0 Å². The molecule has 1 aliphatic heterocycles. The van der Waals surface area contributed by atoms with Gasteiger partial charge in [-0.3, -0.25) is 14.6 Å². The van der Waals surface area contributed by atoms with E-state index in [0.29, 0.717) is 34.5 Å². The molecule has 2 amide bonds. The third-order valence-electron chi connectivity index (χ3n) is 6.64. The minimum Gasteiger partial charge on any atom is -0.456 e. The SMILES string of the molecule is Cc1sc2cc(Oc3ccnc4cc(C(=O)N5CCCC5CO)sc34)ccc2c1C(=O)NC1CC1. The number of fused-ring (bicyclic) bond motifs is 2. The van der Waals surface area contributed by atoms with Gasteiger partial charge in [0.1, 0.15) is 11.5 Å².